The molecule has 1 aromatic rings. The molecule has 0 aliphatic carbocycles. The lowest BCUT2D eigenvalue weighted by Crippen LogP contribution is -2.39. The fourth-order valence-corrected chi connectivity index (χ4v) is 2.39. The van der Waals surface area contributed by atoms with Gasteiger partial charge in [0.1, 0.15) is 0 Å². The van der Waals surface area contributed by atoms with E-state index in [0.29, 0.717) is 5.88 Å². The standard InChI is InChI=1S/C8H13ClN2OSi/c1-12-7-6(13(2,3)4)5-10-8(9)11-7/h5H,1-4H3. The second-order valence-electron chi connectivity index (χ2n) is 3.81. The van der Waals surface area contributed by atoms with E-state index in [-0.39, 0.29) is 5.28 Å². The van der Waals surface area contributed by atoms with Gasteiger partial charge in [0, 0.05) is 11.4 Å². The van der Waals surface area contributed by atoms with Crippen LogP contribution in [-0.2, 0) is 0 Å². The van der Waals surface area contributed by atoms with Gasteiger partial charge >= 0.3 is 0 Å². The van der Waals surface area contributed by atoms with Gasteiger partial charge in [-0.2, -0.15) is 4.98 Å². The van der Waals surface area contributed by atoms with Crippen molar-refractivity contribution in [1.82, 2.24) is 9.97 Å². The smallest absolute Gasteiger partial charge is 0.225 e. The van der Waals surface area contributed by atoms with Crippen LogP contribution in [0.5, 0.6) is 5.88 Å². The maximum absolute atomic E-state index is 5.66. The van der Waals surface area contributed by atoms with Crippen LogP contribution in [0.15, 0.2) is 6.20 Å². The third kappa shape index (κ3) is 2.41. The Morgan fingerprint density at radius 1 is 1.38 bits per heavy atom. The van der Waals surface area contributed by atoms with E-state index in [1.807, 2.05) is 0 Å². The summed E-state index contributed by atoms with van der Waals surface area (Å²) in [5.41, 5.74) is 0. The number of nitrogens with zero attached hydrogens (tertiary/aromatic N) is 2. The van der Waals surface area contributed by atoms with Crippen molar-refractivity contribution >= 4 is 24.9 Å². The summed E-state index contributed by atoms with van der Waals surface area (Å²) in [6.45, 7) is 6.63. The van der Waals surface area contributed by atoms with Crippen molar-refractivity contribution in [2.45, 2.75) is 19.6 Å². The molecule has 0 unspecified atom stereocenters. The van der Waals surface area contributed by atoms with Crippen molar-refractivity contribution in [3.63, 3.8) is 0 Å². The number of hydrogen-bond acceptors (Lipinski definition) is 3. The SMILES string of the molecule is COc1nc(Cl)ncc1[Si](C)(C)C. The van der Waals surface area contributed by atoms with Gasteiger partial charge in [0.25, 0.3) is 0 Å². The molecule has 0 N–H and O–H groups in total. The van der Waals surface area contributed by atoms with Crippen LogP contribution in [0, 0.1) is 0 Å². The molecule has 0 aliphatic heterocycles. The second kappa shape index (κ2) is 3.63. The minimum atomic E-state index is -1.43. The van der Waals surface area contributed by atoms with Crippen molar-refractivity contribution in [3.8, 4) is 5.88 Å². The Labute approximate surface area is 84.1 Å². The molecule has 0 bridgehead atoms. The van der Waals surface area contributed by atoms with E-state index in [9.17, 15) is 0 Å². The number of methoxy groups -OCH3 is 1. The number of rotatable bonds is 2. The first-order chi connectivity index (χ1) is 5.95. The van der Waals surface area contributed by atoms with E-state index in [4.69, 9.17) is 16.3 Å². The van der Waals surface area contributed by atoms with Gasteiger partial charge in [0.15, 0.2) is 0 Å². The molecule has 5 heteroatoms. The van der Waals surface area contributed by atoms with E-state index in [1.54, 1.807) is 13.3 Å². The normalized spacial score (nSPS) is 11.5. The number of aromatic nitrogens is 2. The molecule has 1 heterocycles. The number of halogens is 1. The molecule has 0 saturated carbocycles. The average molecular weight is 217 g/mol. The molecule has 13 heavy (non-hydrogen) atoms. The van der Waals surface area contributed by atoms with Crippen LogP contribution >= 0.6 is 11.6 Å². The fourth-order valence-electron chi connectivity index (χ4n) is 1.02. The van der Waals surface area contributed by atoms with Gasteiger partial charge in [-0.25, -0.2) is 4.98 Å². The van der Waals surface area contributed by atoms with Crippen LogP contribution in [-0.4, -0.2) is 25.2 Å². The monoisotopic (exact) mass is 216 g/mol. The average Bonchev–Trinajstić information content (AvgIpc) is 2.01. The van der Waals surface area contributed by atoms with Crippen LogP contribution in [0.1, 0.15) is 0 Å². The van der Waals surface area contributed by atoms with Crippen molar-refractivity contribution in [2.24, 2.45) is 0 Å². The summed E-state index contributed by atoms with van der Waals surface area (Å²) < 4.78 is 5.15. The summed E-state index contributed by atoms with van der Waals surface area (Å²) in [4.78, 5) is 7.99. The number of hydrogen-bond donors (Lipinski definition) is 0. The Balaban J connectivity index is 3.22. The molecule has 1 aromatic heterocycles. The Morgan fingerprint density at radius 3 is 2.46 bits per heavy atom. The van der Waals surface area contributed by atoms with E-state index in [0.717, 1.165) is 5.19 Å². The summed E-state index contributed by atoms with van der Waals surface area (Å²) in [6, 6.07) is 0. The largest absolute Gasteiger partial charge is 0.481 e. The first-order valence-corrected chi connectivity index (χ1v) is 7.90. The highest BCUT2D eigenvalue weighted by Crippen LogP contribution is 2.12. The minimum Gasteiger partial charge on any atom is -0.481 e. The van der Waals surface area contributed by atoms with Crippen molar-refractivity contribution < 1.29 is 4.74 Å². The van der Waals surface area contributed by atoms with Gasteiger partial charge in [-0.15, -0.1) is 0 Å². The summed E-state index contributed by atoms with van der Waals surface area (Å²) >= 11 is 5.66. The van der Waals surface area contributed by atoms with Gasteiger partial charge in [-0.05, 0) is 11.6 Å². The Hall–Kier alpha value is -0.613. The van der Waals surface area contributed by atoms with Gasteiger partial charge in [0.05, 0.1) is 15.2 Å². The maximum atomic E-state index is 5.66. The maximum Gasteiger partial charge on any atom is 0.225 e. The molecule has 3 nitrogen and oxygen atoms in total. The highest BCUT2D eigenvalue weighted by atomic mass is 35.5. The third-order valence-corrected chi connectivity index (χ3v) is 3.87. The first-order valence-electron chi connectivity index (χ1n) is 4.02. The lowest BCUT2D eigenvalue weighted by molar-refractivity contribution is 0.400. The molecule has 0 amide bonds. The highest BCUT2D eigenvalue weighted by Gasteiger charge is 2.22. The minimum absolute atomic E-state index is 0.235. The van der Waals surface area contributed by atoms with E-state index in [1.165, 1.54) is 0 Å². The van der Waals surface area contributed by atoms with Crippen molar-refractivity contribution in [2.75, 3.05) is 7.11 Å². The predicted octanol–water partition coefficient (Wildman–Crippen LogP) is 1.68. The zero-order valence-corrected chi connectivity index (χ0v) is 10.0. The van der Waals surface area contributed by atoms with Crippen molar-refractivity contribution in [3.05, 3.63) is 11.5 Å². The van der Waals surface area contributed by atoms with Gasteiger partial charge in [-0.1, -0.05) is 19.6 Å². The van der Waals surface area contributed by atoms with Gasteiger partial charge in [-0.3, -0.25) is 0 Å². The molecule has 0 radical (unpaired) electrons. The van der Waals surface area contributed by atoms with Crippen LogP contribution in [0.25, 0.3) is 0 Å². The molecular weight excluding hydrogens is 204 g/mol. The zero-order chi connectivity index (χ0) is 10.1. The Kier molecular flexibility index (Phi) is 2.93. The molecule has 0 fully saturated rings. The van der Waals surface area contributed by atoms with Crippen molar-refractivity contribution in [1.29, 1.82) is 0 Å². The van der Waals surface area contributed by atoms with Gasteiger partial charge < -0.3 is 4.74 Å². The van der Waals surface area contributed by atoms with Crippen LogP contribution in [0.2, 0.25) is 24.9 Å². The molecule has 0 aromatic carbocycles. The molecular formula is C8H13ClN2OSi. The Morgan fingerprint density at radius 2 is 2.00 bits per heavy atom. The van der Waals surface area contributed by atoms with E-state index in [2.05, 4.69) is 29.6 Å². The zero-order valence-electron chi connectivity index (χ0n) is 8.26. The quantitative estimate of drug-likeness (QED) is 0.558. The van der Waals surface area contributed by atoms with E-state index < -0.39 is 8.07 Å². The molecule has 0 spiro atoms. The topological polar surface area (TPSA) is 35.0 Å². The number of ether oxygens (including phenoxy) is 1. The van der Waals surface area contributed by atoms with Crippen LogP contribution < -0.4 is 9.92 Å². The summed E-state index contributed by atoms with van der Waals surface area (Å²) in [5, 5.41) is 1.33. The molecule has 1 rings (SSSR count). The second-order valence-corrected chi connectivity index (χ2v) is 9.19. The third-order valence-electron chi connectivity index (χ3n) is 1.73. The molecule has 0 aliphatic rings. The molecule has 0 saturated heterocycles. The van der Waals surface area contributed by atoms with Gasteiger partial charge in [0.2, 0.25) is 11.2 Å². The molecule has 72 valence electrons. The van der Waals surface area contributed by atoms with Crippen LogP contribution in [0.4, 0.5) is 0 Å². The predicted molar refractivity (Wildman–Crippen MR) is 56.6 cm³/mol. The van der Waals surface area contributed by atoms with Crippen LogP contribution in [0.3, 0.4) is 0 Å². The summed E-state index contributed by atoms with van der Waals surface area (Å²) in [6.07, 6.45) is 1.76. The fraction of sp³-hybridized carbons (Fsp3) is 0.500. The van der Waals surface area contributed by atoms with E-state index >= 15 is 0 Å². The molecule has 0 atom stereocenters. The lowest BCUT2D eigenvalue weighted by Gasteiger charge is -2.17. The lowest BCUT2D eigenvalue weighted by atomic mass is 10.6. The Bertz CT molecular complexity index is 312. The highest BCUT2D eigenvalue weighted by molar-refractivity contribution is 6.89. The first kappa shape index (κ1) is 10.5. The summed E-state index contributed by atoms with van der Waals surface area (Å²) in [7, 11) is 0.169. The summed E-state index contributed by atoms with van der Waals surface area (Å²) in [5.74, 6) is 0.610.